The topological polar surface area (TPSA) is 15.6 Å². The van der Waals surface area contributed by atoms with Gasteiger partial charge in [-0.2, -0.15) is 0 Å². The fourth-order valence-electron chi connectivity index (χ4n) is 0.363. The van der Waals surface area contributed by atoms with E-state index >= 15 is 0 Å². The Hall–Kier alpha value is -0.530. The van der Waals surface area contributed by atoms with Gasteiger partial charge in [0.15, 0.2) is 0 Å². The first-order chi connectivity index (χ1) is 4.48. The smallest absolute Gasteiger partial charge is 0.0851 e. The van der Waals surface area contributed by atoms with Crippen LogP contribution in [-0.2, 0) is 0 Å². The molecule has 0 fully saturated rings. The van der Waals surface area contributed by atoms with E-state index in [0.29, 0.717) is 0 Å². The molecule has 2 heteroatoms. The molecule has 0 rings (SSSR count). The fourth-order valence-corrected chi connectivity index (χ4v) is 0.363. The highest BCUT2D eigenvalue weighted by Gasteiger charge is 2.10. The first kappa shape index (κ1) is 9.47. The summed E-state index contributed by atoms with van der Waals surface area (Å²) in [5, 5.41) is 0. The summed E-state index contributed by atoms with van der Waals surface area (Å²) in [6, 6.07) is 0. The van der Waals surface area contributed by atoms with Crippen LogP contribution in [0.5, 0.6) is 0 Å². The predicted octanol–water partition coefficient (Wildman–Crippen LogP) is 1.76. The number of aliphatic imine (C=N–C) groups is 1. The largest absolute Gasteiger partial charge is 0.369 e. The molecule has 0 saturated heterocycles. The van der Waals surface area contributed by atoms with Crippen LogP contribution in [0.15, 0.2) is 4.99 Å². The predicted molar refractivity (Wildman–Crippen MR) is 46.5 cm³/mol. The van der Waals surface area contributed by atoms with Crippen LogP contribution in [0.1, 0.15) is 27.2 Å². The van der Waals surface area contributed by atoms with Crippen molar-refractivity contribution in [2.24, 2.45) is 4.99 Å². The molecular formula is C8H18N2. The van der Waals surface area contributed by atoms with Crippen LogP contribution >= 0.6 is 0 Å². The molecule has 0 spiro atoms. The number of rotatable bonds is 3. The van der Waals surface area contributed by atoms with Crippen molar-refractivity contribution < 1.29 is 0 Å². The molecule has 0 saturated carbocycles. The summed E-state index contributed by atoms with van der Waals surface area (Å²) < 4.78 is 0. The van der Waals surface area contributed by atoms with Gasteiger partial charge in [-0.3, -0.25) is 4.99 Å². The van der Waals surface area contributed by atoms with E-state index in [-0.39, 0.29) is 5.54 Å². The van der Waals surface area contributed by atoms with E-state index in [4.69, 9.17) is 0 Å². The van der Waals surface area contributed by atoms with Gasteiger partial charge < -0.3 is 4.90 Å². The third-order valence-electron chi connectivity index (χ3n) is 1.50. The van der Waals surface area contributed by atoms with E-state index in [9.17, 15) is 0 Å². The lowest BCUT2D eigenvalue weighted by Crippen LogP contribution is -2.18. The quantitative estimate of drug-likeness (QED) is 0.433. The van der Waals surface area contributed by atoms with E-state index in [1.54, 1.807) is 0 Å². The van der Waals surface area contributed by atoms with Crippen molar-refractivity contribution >= 4 is 6.34 Å². The van der Waals surface area contributed by atoms with Gasteiger partial charge in [0.05, 0.1) is 11.9 Å². The molecule has 2 nitrogen and oxygen atoms in total. The monoisotopic (exact) mass is 142 g/mol. The first-order valence-electron chi connectivity index (χ1n) is 3.70. The Balaban J connectivity index is 3.86. The van der Waals surface area contributed by atoms with Gasteiger partial charge in [0.1, 0.15) is 0 Å². The second-order valence-electron chi connectivity index (χ2n) is 3.37. The van der Waals surface area contributed by atoms with Crippen LogP contribution in [0.2, 0.25) is 0 Å². The molecule has 0 amide bonds. The van der Waals surface area contributed by atoms with Gasteiger partial charge in [0.25, 0.3) is 0 Å². The molecule has 60 valence electrons. The number of hydrogen-bond acceptors (Lipinski definition) is 1. The third kappa shape index (κ3) is 4.36. The summed E-state index contributed by atoms with van der Waals surface area (Å²) in [5.74, 6) is 0. The van der Waals surface area contributed by atoms with E-state index < -0.39 is 0 Å². The van der Waals surface area contributed by atoms with Gasteiger partial charge in [-0.25, -0.2) is 0 Å². The van der Waals surface area contributed by atoms with Gasteiger partial charge in [0, 0.05) is 14.1 Å². The van der Waals surface area contributed by atoms with Crippen molar-refractivity contribution in [2.75, 3.05) is 14.1 Å². The van der Waals surface area contributed by atoms with E-state index in [1.165, 1.54) is 0 Å². The Kier molecular flexibility index (Phi) is 3.40. The van der Waals surface area contributed by atoms with Gasteiger partial charge in [-0.05, 0) is 20.3 Å². The van der Waals surface area contributed by atoms with Crippen molar-refractivity contribution in [3.05, 3.63) is 0 Å². The summed E-state index contributed by atoms with van der Waals surface area (Å²) in [6.07, 6.45) is 2.95. The van der Waals surface area contributed by atoms with Crippen molar-refractivity contribution in [2.45, 2.75) is 32.7 Å². The van der Waals surface area contributed by atoms with Gasteiger partial charge in [-0.15, -0.1) is 0 Å². The SMILES string of the molecule is CCC(C)(C)N=CN(C)C. The highest BCUT2D eigenvalue weighted by molar-refractivity contribution is 5.54. The van der Waals surface area contributed by atoms with Crippen molar-refractivity contribution in [1.29, 1.82) is 0 Å². The Bertz CT molecular complexity index is 114. The fraction of sp³-hybridized carbons (Fsp3) is 0.875. The van der Waals surface area contributed by atoms with E-state index in [2.05, 4.69) is 25.8 Å². The van der Waals surface area contributed by atoms with Crippen LogP contribution in [0, 0.1) is 0 Å². The summed E-state index contributed by atoms with van der Waals surface area (Å²) in [7, 11) is 3.96. The second-order valence-corrected chi connectivity index (χ2v) is 3.37. The molecule has 0 radical (unpaired) electrons. The van der Waals surface area contributed by atoms with Gasteiger partial charge in [0.2, 0.25) is 0 Å². The molecule has 10 heavy (non-hydrogen) atoms. The zero-order valence-corrected chi connectivity index (χ0v) is 7.68. The highest BCUT2D eigenvalue weighted by Crippen LogP contribution is 2.11. The Labute approximate surface area is 63.9 Å². The first-order valence-corrected chi connectivity index (χ1v) is 3.70. The summed E-state index contributed by atoms with van der Waals surface area (Å²) in [5.41, 5.74) is 0.101. The summed E-state index contributed by atoms with van der Waals surface area (Å²) >= 11 is 0. The molecule has 0 heterocycles. The molecule has 0 N–H and O–H groups in total. The lowest BCUT2D eigenvalue weighted by atomic mass is 10.0. The average Bonchev–Trinajstić information content (AvgIpc) is 1.85. The lowest BCUT2D eigenvalue weighted by Gasteiger charge is -2.17. The van der Waals surface area contributed by atoms with Crippen LogP contribution < -0.4 is 0 Å². The molecule has 0 aromatic carbocycles. The van der Waals surface area contributed by atoms with Gasteiger partial charge in [-0.1, -0.05) is 6.92 Å². The molecular weight excluding hydrogens is 124 g/mol. The molecule has 0 aliphatic rings. The molecule has 0 aliphatic carbocycles. The van der Waals surface area contributed by atoms with Crippen LogP contribution in [0.4, 0.5) is 0 Å². The maximum absolute atomic E-state index is 4.38. The molecule has 0 atom stereocenters. The summed E-state index contributed by atoms with van der Waals surface area (Å²) in [4.78, 5) is 6.33. The maximum Gasteiger partial charge on any atom is 0.0851 e. The molecule has 0 aromatic heterocycles. The molecule has 0 unspecified atom stereocenters. The van der Waals surface area contributed by atoms with Crippen molar-refractivity contribution in [3.63, 3.8) is 0 Å². The highest BCUT2D eigenvalue weighted by atomic mass is 15.1. The number of hydrogen-bond donors (Lipinski definition) is 0. The lowest BCUT2D eigenvalue weighted by molar-refractivity contribution is 0.495. The minimum absolute atomic E-state index is 0.101. The van der Waals surface area contributed by atoms with Crippen LogP contribution in [-0.4, -0.2) is 30.9 Å². The van der Waals surface area contributed by atoms with Crippen LogP contribution in [0.3, 0.4) is 0 Å². The normalized spacial score (nSPS) is 12.5. The minimum Gasteiger partial charge on any atom is -0.369 e. The molecule has 0 aliphatic heterocycles. The Morgan fingerprint density at radius 3 is 2.20 bits per heavy atom. The Morgan fingerprint density at radius 2 is 1.90 bits per heavy atom. The molecule has 0 bridgehead atoms. The number of nitrogens with zero attached hydrogens (tertiary/aromatic N) is 2. The Morgan fingerprint density at radius 1 is 1.40 bits per heavy atom. The van der Waals surface area contributed by atoms with Gasteiger partial charge >= 0.3 is 0 Å². The molecule has 0 aromatic rings. The summed E-state index contributed by atoms with van der Waals surface area (Å²) in [6.45, 7) is 6.41. The zero-order valence-electron chi connectivity index (χ0n) is 7.68. The standard InChI is InChI=1S/C8H18N2/c1-6-8(2,3)9-7-10(4)5/h7H,6H2,1-5H3. The zero-order chi connectivity index (χ0) is 8.20. The minimum atomic E-state index is 0.101. The second kappa shape index (κ2) is 3.59. The van der Waals surface area contributed by atoms with Crippen LogP contribution in [0.25, 0.3) is 0 Å². The maximum atomic E-state index is 4.38. The van der Waals surface area contributed by atoms with Crippen molar-refractivity contribution in [3.8, 4) is 0 Å². The third-order valence-corrected chi connectivity index (χ3v) is 1.50. The average molecular weight is 142 g/mol. The van der Waals surface area contributed by atoms with Crippen molar-refractivity contribution in [1.82, 2.24) is 4.90 Å². The van der Waals surface area contributed by atoms with E-state index in [0.717, 1.165) is 6.42 Å². The van der Waals surface area contributed by atoms with E-state index in [1.807, 2.05) is 25.3 Å².